The van der Waals surface area contributed by atoms with E-state index < -0.39 is 10.2 Å². The summed E-state index contributed by atoms with van der Waals surface area (Å²) in [5.74, 6) is 0.895. The maximum absolute atomic E-state index is 12.7. The van der Waals surface area contributed by atoms with E-state index in [4.69, 9.17) is 9.72 Å². The van der Waals surface area contributed by atoms with Gasteiger partial charge in [0.2, 0.25) is 0 Å². The van der Waals surface area contributed by atoms with Crippen molar-refractivity contribution in [3.05, 3.63) is 29.1 Å². The van der Waals surface area contributed by atoms with Crippen LogP contribution >= 0.6 is 0 Å². The Morgan fingerprint density at radius 3 is 2.50 bits per heavy atom. The van der Waals surface area contributed by atoms with Crippen LogP contribution in [0.5, 0.6) is 5.75 Å². The van der Waals surface area contributed by atoms with Gasteiger partial charge in [-0.25, -0.2) is 4.98 Å². The van der Waals surface area contributed by atoms with Crippen LogP contribution in [0.1, 0.15) is 29.7 Å². The molecule has 0 aliphatic heterocycles. The molecular formula is C24H32N8O3S. The minimum atomic E-state index is -3.75. The van der Waals surface area contributed by atoms with E-state index in [2.05, 4.69) is 30.0 Å². The van der Waals surface area contributed by atoms with Crippen molar-refractivity contribution in [3.8, 4) is 17.0 Å². The monoisotopic (exact) mass is 512 g/mol. The van der Waals surface area contributed by atoms with Gasteiger partial charge in [-0.15, -0.1) is 0 Å². The molecule has 1 aromatic carbocycles. The second-order valence-corrected chi connectivity index (χ2v) is 11.6. The van der Waals surface area contributed by atoms with Gasteiger partial charge in [0.05, 0.1) is 22.8 Å². The molecule has 0 radical (unpaired) electrons. The molecule has 36 heavy (non-hydrogen) atoms. The average Bonchev–Trinajstić information content (AvgIpc) is 3.43. The highest BCUT2D eigenvalue weighted by Gasteiger charge is 2.27. The zero-order chi connectivity index (χ0) is 25.6. The van der Waals surface area contributed by atoms with Gasteiger partial charge >= 0.3 is 10.2 Å². The molecular weight excluding hydrogens is 480 g/mol. The lowest BCUT2D eigenvalue weighted by Gasteiger charge is -2.23. The quantitative estimate of drug-likeness (QED) is 0.331. The lowest BCUT2D eigenvalue weighted by atomic mass is 9.85. The number of hydrogen-bond acceptors (Lipinski definition) is 7. The van der Waals surface area contributed by atoms with Crippen LogP contribution < -0.4 is 9.46 Å². The van der Waals surface area contributed by atoms with Crippen LogP contribution in [0.2, 0.25) is 0 Å². The number of pyridine rings is 1. The Morgan fingerprint density at radius 1 is 1.08 bits per heavy atom. The van der Waals surface area contributed by atoms with Gasteiger partial charge in [0.25, 0.3) is 0 Å². The third-order valence-corrected chi connectivity index (χ3v) is 8.07. The Kier molecular flexibility index (Phi) is 6.35. The first kappa shape index (κ1) is 24.5. The number of aromatic nitrogens is 5. The smallest absolute Gasteiger partial charge is 0.302 e. The van der Waals surface area contributed by atoms with Crippen molar-refractivity contribution in [2.45, 2.75) is 32.6 Å². The Bertz CT molecular complexity index is 1540. The Morgan fingerprint density at radius 2 is 1.83 bits per heavy atom. The van der Waals surface area contributed by atoms with E-state index in [1.165, 1.54) is 19.7 Å². The summed E-state index contributed by atoms with van der Waals surface area (Å²) in [5.41, 5.74) is 6.55. The topological polar surface area (TPSA) is 132 Å². The van der Waals surface area contributed by atoms with Crippen molar-refractivity contribution in [1.82, 2.24) is 34.6 Å². The maximum Gasteiger partial charge on any atom is 0.302 e. The van der Waals surface area contributed by atoms with Gasteiger partial charge in [0, 0.05) is 43.4 Å². The third kappa shape index (κ3) is 4.29. The van der Waals surface area contributed by atoms with E-state index in [1.54, 1.807) is 0 Å². The molecule has 3 aromatic heterocycles. The Balaban J connectivity index is 1.82. The minimum Gasteiger partial charge on any atom is -0.490 e. The van der Waals surface area contributed by atoms with Crippen molar-refractivity contribution in [2.75, 3.05) is 46.1 Å². The predicted molar refractivity (Wildman–Crippen MR) is 141 cm³/mol. The number of aryl methyl sites for hydroxylation is 2. The average molecular weight is 513 g/mol. The molecule has 0 fully saturated rings. The normalized spacial score (nSPS) is 14.2. The number of rotatable bonds is 8. The fraction of sp³-hybridized carbons (Fsp3) is 0.458. The van der Waals surface area contributed by atoms with E-state index >= 15 is 0 Å². The van der Waals surface area contributed by atoms with E-state index in [0.29, 0.717) is 28.8 Å². The van der Waals surface area contributed by atoms with E-state index in [1.807, 2.05) is 33.3 Å². The summed E-state index contributed by atoms with van der Waals surface area (Å²) in [6.45, 7) is 3.22. The van der Waals surface area contributed by atoms with Gasteiger partial charge in [-0.1, -0.05) is 0 Å². The number of nitrogens with zero attached hydrogens (tertiary/aromatic N) is 5. The molecule has 1 aliphatic carbocycles. The zero-order valence-corrected chi connectivity index (χ0v) is 22.1. The van der Waals surface area contributed by atoms with Gasteiger partial charge < -0.3 is 9.64 Å². The Labute approximate surface area is 210 Å². The fourth-order valence-corrected chi connectivity index (χ4v) is 5.30. The zero-order valence-electron chi connectivity index (χ0n) is 21.3. The molecule has 1 aliphatic rings. The number of benzene rings is 1. The molecule has 3 heterocycles. The maximum atomic E-state index is 12.7. The standard InChI is InChI=1S/C24H32N8O3S/c1-14-17(13-25-27-14)22-16-9-7-6-8-15(16)20-21-18(28-29-24(21)30-36(33,34)32(4)5)12-19(23(20)26-22)35-11-10-31(2)3/h12-13H,6-11H2,1-5H3,(H,25,27)(H2,28,29,30). The number of hydrogen-bond donors (Lipinski definition) is 3. The van der Waals surface area contributed by atoms with Crippen LogP contribution in [0.4, 0.5) is 5.82 Å². The minimum absolute atomic E-state index is 0.255. The molecule has 0 bridgehead atoms. The number of nitrogens with one attached hydrogen (secondary N) is 3. The number of fused-ring (bicyclic) bond motifs is 5. The van der Waals surface area contributed by atoms with Crippen LogP contribution in [0.3, 0.4) is 0 Å². The summed E-state index contributed by atoms with van der Waals surface area (Å²) in [6.07, 6.45) is 5.68. The van der Waals surface area contributed by atoms with Crippen molar-refractivity contribution in [1.29, 1.82) is 0 Å². The molecule has 0 spiro atoms. The van der Waals surface area contributed by atoms with E-state index in [-0.39, 0.29) is 5.82 Å². The molecule has 5 rings (SSSR count). The second-order valence-electron chi connectivity index (χ2n) is 9.67. The first-order valence-electron chi connectivity index (χ1n) is 12.0. The van der Waals surface area contributed by atoms with Crippen molar-refractivity contribution >= 4 is 37.8 Å². The van der Waals surface area contributed by atoms with Gasteiger partial charge in [-0.2, -0.15) is 22.9 Å². The highest BCUT2D eigenvalue weighted by atomic mass is 32.2. The molecule has 3 N–H and O–H groups in total. The van der Waals surface area contributed by atoms with Crippen molar-refractivity contribution < 1.29 is 13.2 Å². The lowest BCUT2D eigenvalue weighted by molar-refractivity contribution is 0.263. The second kappa shape index (κ2) is 9.34. The Hall–Kier alpha value is -3.22. The summed E-state index contributed by atoms with van der Waals surface area (Å²) < 4.78 is 35.4. The lowest BCUT2D eigenvalue weighted by Crippen LogP contribution is -2.29. The summed E-state index contributed by atoms with van der Waals surface area (Å²) in [5, 5.41) is 16.2. The van der Waals surface area contributed by atoms with Crippen LogP contribution in [0.25, 0.3) is 33.1 Å². The number of anilines is 1. The molecule has 0 atom stereocenters. The molecule has 0 saturated heterocycles. The number of H-pyrrole nitrogens is 2. The van der Waals surface area contributed by atoms with E-state index in [0.717, 1.165) is 64.4 Å². The molecule has 192 valence electrons. The summed E-state index contributed by atoms with van der Waals surface area (Å²) >= 11 is 0. The molecule has 0 unspecified atom stereocenters. The number of aromatic amines is 2. The molecule has 12 heteroatoms. The summed E-state index contributed by atoms with van der Waals surface area (Å²) in [6, 6.07) is 1.86. The molecule has 11 nitrogen and oxygen atoms in total. The van der Waals surface area contributed by atoms with Crippen molar-refractivity contribution in [3.63, 3.8) is 0 Å². The van der Waals surface area contributed by atoms with Gasteiger partial charge in [-0.3, -0.25) is 14.9 Å². The number of likely N-dealkylation sites (N-methyl/N-ethyl adjacent to an activating group) is 1. The molecule has 0 amide bonds. The van der Waals surface area contributed by atoms with Gasteiger partial charge in [0.15, 0.2) is 5.82 Å². The number of ether oxygens (including phenoxy) is 1. The summed E-state index contributed by atoms with van der Waals surface area (Å²) in [7, 11) is 3.20. The largest absolute Gasteiger partial charge is 0.490 e. The summed E-state index contributed by atoms with van der Waals surface area (Å²) in [4.78, 5) is 7.22. The van der Waals surface area contributed by atoms with Crippen LogP contribution in [-0.4, -0.2) is 84.3 Å². The van der Waals surface area contributed by atoms with Crippen molar-refractivity contribution in [2.24, 2.45) is 0 Å². The fourth-order valence-electron chi connectivity index (χ4n) is 4.73. The SMILES string of the molecule is Cc1[nH]ncc1-c1nc2c(OCCN(C)C)cc3[nH]nc(NS(=O)(=O)N(C)C)c3c2c2c1CCCC2. The first-order valence-corrected chi connectivity index (χ1v) is 13.5. The molecule has 0 saturated carbocycles. The third-order valence-electron chi connectivity index (χ3n) is 6.66. The van der Waals surface area contributed by atoms with E-state index in [9.17, 15) is 8.42 Å². The van der Waals surface area contributed by atoms with Crippen LogP contribution in [-0.2, 0) is 23.1 Å². The highest BCUT2D eigenvalue weighted by Crippen LogP contribution is 2.43. The first-order chi connectivity index (χ1) is 17.2. The van der Waals surface area contributed by atoms with Crippen LogP contribution in [0, 0.1) is 6.92 Å². The molecule has 4 aromatic rings. The predicted octanol–water partition coefficient (Wildman–Crippen LogP) is 2.85. The van der Waals surface area contributed by atoms with Gasteiger partial charge in [0.1, 0.15) is 17.9 Å². The van der Waals surface area contributed by atoms with Crippen LogP contribution in [0.15, 0.2) is 12.3 Å². The highest BCUT2D eigenvalue weighted by molar-refractivity contribution is 7.90. The van der Waals surface area contributed by atoms with Gasteiger partial charge in [-0.05, 0) is 57.8 Å².